The number of rotatable bonds is 2. The van der Waals surface area contributed by atoms with Gasteiger partial charge in [0.1, 0.15) is 9.48 Å². The van der Waals surface area contributed by atoms with Crippen LogP contribution in [-0.2, 0) is 11.2 Å². The molecule has 1 heterocycles. The van der Waals surface area contributed by atoms with Gasteiger partial charge < -0.3 is 5.11 Å². The van der Waals surface area contributed by atoms with E-state index in [1.165, 1.54) is 0 Å². The summed E-state index contributed by atoms with van der Waals surface area (Å²) in [5.74, 6) is -0.895. The third-order valence-electron chi connectivity index (χ3n) is 0.828. The Hall–Kier alpha value is -0.490. The third kappa shape index (κ3) is 1.74. The summed E-state index contributed by atoms with van der Waals surface area (Å²) >= 11 is 4.26. The molecule has 0 saturated carbocycles. The fourth-order valence-electron chi connectivity index (χ4n) is 0.446. The lowest BCUT2D eigenvalue weighted by atomic mass is 10.4. The van der Waals surface area contributed by atoms with Crippen molar-refractivity contribution >= 4 is 33.4 Å². The van der Waals surface area contributed by atoms with Crippen molar-refractivity contribution in [2.75, 3.05) is 0 Å². The Labute approximate surface area is 69.2 Å². The second-order valence-corrected chi connectivity index (χ2v) is 3.64. The van der Waals surface area contributed by atoms with Crippen molar-refractivity contribution in [3.05, 3.63) is 9.48 Å². The van der Waals surface area contributed by atoms with Crippen molar-refractivity contribution in [1.29, 1.82) is 0 Å². The Bertz CT molecular complexity index is 249. The van der Waals surface area contributed by atoms with Crippen molar-refractivity contribution in [2.45, 2.75) is 6.42 Å². The smallest absolute Gasteiger partial charge is 0.309 e. The highest BCUT2D eigenvalue weighted by Crippen LogP contribution is 2.18. The van der Waals surface area contributed by atoms with Gasteiger partial charge in [-0.2, -0.15) is 0 Å². The van der Waals surface area contributed by atoms with Gasteiger partial charge in [0.25, 0.3) is 0 Å². The number of carboxylic acids is 1. The number of nitrogens with zero attached hydrogens (tertiary/aromatic N) is 2. The monoisotopic (exact) mass is 222 g/mol. The first kappa shape index (κ1) is 7.62. The molecule has 54 valence electrons. The Kier molecular flexibility index (Phi) is 2.34. The summed E-state index contributed by atoms with van der Waals surface area (Å²) in [6, 6.07) is 0. The molecule has 4 nitrogen and oxygen atoms in total. The van der Waals surface area contributed by atoms with Crippen LogP contribution < -0.4 is 0 Å². The largest absolute Gasteiger partial charge is 0.481 e. The summed E-state index contributed by atoms with van der Waals surface area (Å²) in [5.41, 5.74) is 0.484. The Morgan fingerprint density at radius 3 is 2.90 bits per heavy atom. The van der Waals surface area contributed by atoms with E-state index in [0.29, 0.717) is 9.48 Å². The van der Waals surface area contributed by atoms with Crippen LogP contribution in [0.1, 0.15) is 5.69 Å². The maximum Gasteiger partial charge on any atom is 0.309 e. The van der Waals surface area contributed by atoms with Crippen molar-refractivity contribution in [3.8, 4) is 0 Å². The van der Waals surface area contributed by atoms with Gasteiger partial charge >= 0.3 is 5.97 Å². The third-order valence-corrected chi connectivity index (χ3v) is 2.28. The molecule has 0 unspecified atom stereocenters. The van der Waals surface area contributed by atoms with E-state index >= 15 is 0 Å². The lowest BCUT2D eigenvalue weighted by molar-refractivity contribution is -0.136. The van der Waals surface area contributed by atoms with Gasteiger partial charge in [-0.15, -0.1) is 5.10 Å². The van der Waals surface area contributed by atoms with Crippen LogP contribution in [0, 0.1) is 0 Å². The zero-order valence-electron chi connectivity index (χ0n) is 4.74. The van der Waals surface area contributed by atoms with Gasteiger partial charge in [-0.25, -0.2) is 0 Å². The van der Waals surface area contributed by atoms with Crippen LogP contribution in [0.3, 0.4) is 0 Å². The average Bonchev–Trinajstić information content (AvgIpc) is 2.15. The van der Waals surface area contributed by atoms with Crippen LogP contribution in [0.4, 0.5) is 0 Å². The first-order valence-corrected chi connectivity index (χ1v) is 3.95. The number of aromatic nitrogens is 2. The van der Waals surface area contributed by atoms with Gasteiger partial charge in [0.2, 0.25) is 0 Å². The molecule has 0 aliphatic heterocycles. The van der Waals surface area contributed by atoms with Crippen molar-refractivity contribution < 1.29 is 9.90 Å². The summed E-state index contributed by atoms with van der Waals surface area (Å²) in [5, 5.41) is 11.9. The van der Waals surface area contributed by atoms with E-state index in [9.17, 15) is 4.79 Å². The van der Waals surface area contributed by atoms with Gasteiger partial charge in [0.05, 0.1) is 6.42 Å². The summed E-state index contributed by atoms with van der Waals surface area (Å²) in [7, 11) is 0. The number of hydrogen-bond donors (Lipinski definition) is 1. The molecular formula is C4H3BrN2O2S. The molecule has 1 N–H and O–H groups in total. The fraction of sp³-hybridized carbons (Fsp3) is 0.250. The minimum atomic E-state index is -0.895. The van der Waals surface area contributed by atoms with Crippen LogP contribution in [0.5, 0.6) is 0 Å². The lowest BCUT2D eigenvalue weighted by Crippen LogP contribution is -2.00. The molecule has 0 aliphatic rings. The molecule has 1 aromatic heterocycles. The Morgan fingerprint density at radius 1 is 1.80 bits per heavy atom. The first-order chi connectivity index (χ1) is 4.70. The van der Waals surface area contributed by atoms with Crippen LogP contribution in [0.25, 0.3) is 0 Å². The van der Waals surface area contributed by atoms with Crippen LogP contribution in [-0.4, -0.2) is 20.7 Å². The summed E-state index contributed by atoms with van der Waals surface area (Å²) in [6.45, 7) is 0. The van der Waals surface area contributed by atoms with Crippen LogP contribution >= 0.6 is 27.5 Å². The van der Waals surface area contributed by atoms with E-state index in [-0.39, 0.29) is 6.42 Å². The maximum absolute atomic E-state index is 10.1. The average molecular weight is 223 g/mol. The molecule has 0 spiro atoms. The minimum absolute atomic E-state index is 0.0723. The minimum Gasteiger partial charge on any atom is -0.481 e. The molecule has 0 fully saturated rings. The normalized spacial score (nSPS) is 9.70. The van der Waals surface area contributed by atoms with E-state index in [2.05, 4.69) is 25.5 Å². The van der Waals surface area contributed by atoms with Gasteiger partial charge in [0, 0.05) is 0 Å². The number of halogens is 1. The quantitative estimate of drug-likeness (QED) is 0.809. The topological polar surface area (TPSA) is 63.1 Å². The Morgan fingerprint density at radius 2 is 2.50 bits per heavy atom. The predicted octanol–water partition coefficient (Wildman–Crippen LogP) is 0.928. The highest BCUT2D eigenvalue weighted by Gasteiger charge is 2.08. The van der Waals surface area contributed by atoms with Gasteiger partial charge in [-0.3, -0.25) is 4.79 Å². The lowest BCUT2D eigenvalue weighted by Gasteiger charge is -1.86. The maximum atomic E-state index is 10.1. The Balaban J connectivity index is 2.74. The predicted molar refractivity (Wildman–Crippen MR) is 38.9 cm³/mol. The molecule has 1 aromatic rings. The molecule has 10 heavy (non-hydrogen) atoms. The van der Waals surface area contributed by atoms with Gasteiger partial charge in [0.15, 0.2) is 0 Å². The standard InChI is InChI=1S/C4H3BrN2O2S/c5-4-2(1-3(8)9)6-7-10-4/h1H2,(H,8,9). The molecule has 0 amide bonds. The molecule has 0 bridgehead atoms. The van der Waals surface area contributed by atoms with Crippen LogP contribution in [0.15, 0.2) is 3.79 Å². The van der Waals surface area contributed by atoms with Crippen LogP contribution in [0.2, 0.25) is 0 Å². The van der Waals surface area contributed by atoms with E-state index in [1.807, 2.05) is 0 Å². The second-order valence-electron chi connectivity index (χ2n) is 1.56. The number of aliphatic carboxylic acids is 1. The second kappa shape index (κ2) is 3.07. The van der Waals surface area contributed by atoms with E-state index in [4.69, 9.17) is 5.11 Å². The highest BCUT2D eigenvalue weighted by atomic mass is 79.9. The van der Waals surface area contributed by atoms with Gasteiger partial charge in [-0.05, 0) is 27.5 Å². The summed E-state index contributed by atoms with van der Waals surface area (Å²) < 4.78 is 4.25. The number of hydrogen-bond acceptors (Lipinski definition) is 4. The summed E-state index contributed by atoms with van der Waals surface area (Å²) in [6.07, 6.45) is -0.0723. The van der Waals surface area contributed by atoms with E-state index < -0.39 is 5.97 Å². The summed E-state index contributed by atoms with van der Waals surface area (Å²) in [4.78, 5) is 10.1. The molecule has 0 saturated heterocycles. The molecule has 0 atom stereocenters. The zero-order valence-corrected chi connectivity index (χ0v) is 7.15. The number of carboxylic acid groups (broad SMARTS) is 1. The highest BCUT2D eigenvalue weighted by molar-refractivity contribution is 9.11. The fourth-order valence-corrected chi connectivity index (χ4v) is 1.29. The molecule has 0 aromatic carbocycles. The molecular weight excluding hydrogens is 220 g/mol. The first-order valence-electron chi connectivity index (χ1n) is 2.38. The molecule has 1 rings (SSSR count). The molecule has 0 radical (unpaired) electrons. The van der Waals surface area contributed by atoms with E-state index in [0.717, 1.165) is 11.5 Å². The molecule has 0 aliphatic carbocycles. The van der Waals surface area contributed by atoms with E-state index in [1.54, 1.807) is 0 Å². The van der Waals surface area contributed by atoms with Crippen molar-refractivity contribution in [3.63, 3.8) is 0 Å². The van der Waals surface area contributed by atoms with Crippen molar-refractivity contribution in [1.82, 2.24) is 9.59 Å². The SMILES string of the molecule is O=C(O)Cc1nnsc1Br. The zero-order chi connectivity index (χ0) is 7.56. The number of carbonyl (C=O) groups is 1. The van der Waals surface area contributed by atoms with Gasteiger partial charge in [-0.1, -0.05) is 4.49 Å². The van der Waals surface area contributed by atoms with Crippen molar-refractivity contribution in [2.24, 2.45) is 0 Å². The molecule has 6 heteroatoms.